The summed E-state index contributed by atoms with van der Waals surface area (Å²) in [5.74, 6) is 0.0222. The molecule has 0 aliphatic carbocycles. The monoisotopic (exact) mass is 224 g/mol. The van der Waals surface area contributed by atoms with Crippen LogP contribution in [0.4, 0.5) is 0 Å². The van der Waals surface area contributed by atoms with E-state index in [0.29, 0.717) is 0 Å². The maximum atomic E-state index is 9.97. The van der Waals surface area contributed by atoms with E-state index in [4.69, 9.17) is 9.11 Å². The van der Waals surface area contributed by atoms with Crippen LogP contribution in [0.25, 0.3) is 0 Å². The third-order valence-electron chi connectivity index (χ3n) is 0.644. The summed E-state index contributed by atoms with van der Waals surface area (Å²) in [6.45, 7) is 0. The molecule has 7 heteroatoms. The van der Waals surface area contributed by atoms with Crippen LogP contribution in [0.15, 0.2) is 12.2 Å². The quantitative estimate of drug-likeness (QED) is 0.305. The van der Waals surface area contributed by atoms with Crippen LogP contribution in [0.1, 0.15) is 1.43 Å². The molecule has 0 heterocycles. The van der Waals surface area contributed by atoms with Crippen LogP contribution in [0.2, 0.25) is 0 Å². The molecule has 0 amide bonds. The van der Waals surface area contributed by atoms with Gasteiger partial charge in [-0.2, -0.15) is 0 Å². The summed E-state index contributed by atoms with van der Waals surface area (Å²) in [7, 11) is 0. The van der Waals surface area contributed by atoms with Crippen molar-refractivity contribution in [2.45, 2.75) is 0 Å². The Morgan fingerprint density at radius 2 is 1.36 bits per heavy atom. The van der Waals surface area contributed by atoms with Crippen molar-refractivity contribution >= 4 is 22.2 Å². The van der Waals surface area contributed by atoms with Crippen LogP contribution in [0.5, 0.6) is 0 Å². The molecule has 11 heavy (non-hydrogen) atoms. The maximum Gasteiger partial charge on any atom is 1.00 e. The largest absolute Gasteiger partial charge is 1.00 e. The van der Waals surface area contributed by atoms with Crippen molar-refractivity contribution in [3.63, 3.8) is 0 Å². The van der Waals surface area contributed by atoms with Gasteiger partial charge in [0.1, 0.15) is 0 Å². The molecule has 2 atom stereocenters. The van der Waals surface area contributed by atoms with Gasteiger partial charge < -0.3 is 10.5 Å². The van der Waals surface area contributed by atoms with Crippen molar-refractivity contribution in [3.05, 3.63) is 12.2 Å². The maximum absolute atomic E-state index is 9.97. The van der Waals surface area contributed by atoms with E-state index in [1.54, 1.807) is 0 Å². The molecular formula is C4H9KO4S2. The van der Waals surface area contributed by atoms with Gasteiger partial charge in [-0.1, -0.05) is 12.2 Å². The molecule has 0 radical (unpaired) electrons. The second kappa shape index (κ2) is 9.68. The van der Waals surface area contributed by atoms with E-state index < -0.39 is 22.2 Å². The first-order valence-electron chi connectivity index (χ1n) is 2.43. The van der Waals surface area contributed by atoms with Crippen molar-refractivity contribution in [1.29, 1.82) is 0 Å². The van der Waals surface area contributed by atoms with Gasteiger partial charge in [-0.25, -0.2) is 8.42 Å². The van der Waals surface area contributed by atoms with Gasteiger partial charge in [-0.3, -0.25) is 0 Å². The van der Waals surface area contributed by atoms with Gasteiger partial charge >= 0.3 is 51.4 Å². The predicted octanol–water partition coefficient (Wildman–Crippen LogP) is -2.90. The summed E-state index contributed by atoms with van der Waals surface area (Å²) in [5, 5.41) is 0. The summed E-state index contributed by atoms with van der Waals surface area (Å²) in [4.78, 5) is 0. The molecule has 2 unspecified atom stereocenters. The molecule has 0 aliphatic rings. The second-order valence-electron chi connectivity index (χ2n) is 1.45. The number of rotatable bonds is 4. The van der Waals surface area contributed by atoms with Gasteiger partial charge in [0.25, 0.3) is 0 Å². The average Bonchev–Trinajstić information content (AvgIpc) is 1.79. The SMILES string of the molecule is O=S(O)CC=CCS(=O)O.[H-].[K+]. The van der Waals surface area contributed by atoms with Crippen LogP contribution in [0, 0.1) is 0 Å². The molecule has 0 spiro atoms. The van der Waals surface area contributed by atoms with Crippen molar-refractivity contribution in [2.24, 2.45) is 0 Å². The molecule has 2 N–H and O–H groups in total. The first-order chi connectivity index (χ1) is 4.63. The molecule has 4 nitrogen and oxygen atoms in total. The zero-order valence-electron chi connectivity index (χ0n) is 7.10. The van der Waals surface area contributed by atoms with E-state index in [0.717, 1.165) is 0 Å². The third kappa shape index (κ3) is 14.5. The topological polar surface area (TPSA) is 74.6 Å². The minimum Gasteiger partial charge on any atom is -1.00 e. The molecule has 0 aromatic rings. The molecule has 62 valence electrons. The first-order valence-corrected chi connectivity index (χ1v) is 4.98. The van der Waals surface area contributed by atoms with E-state index in [2.05, 4.69) is 0 Å². The van der Waals surface area contributed by atoms with Gasteiger partial charge in [0, 0.05) is 0 Å². The molecule has 0 saturated heterocycles. The zero-order chi connectivity index (χ0) is 7.98. The minimum atomic E-state index is -1.85. The Morgan fingerprint density at radius 3 is 1.55 bits per heavy atom. The third-order valence-corrected chi connectivity index (χ3v) is 1.60. The molecule has 0 saturated carbocycles. The number of hydrogen-bond donors (Lipinski definition) is 2. The molecule has 0 rings (SSSR count). The van der Waals surface area contributed by atoms with Gasteiger partial charge in [-0.05, 0) is 0 Å². The molecule has 0 bridgehead atoms. The Labute approximate surface area is 114 Å². The average molecular weight is 224 g/mol. The van der Waals surface area contributed by atoms with E-state index in [1.165, 1.54) is 12.2 Å². The Morgan fingerprint density at radius 1 is 1.09 bits per heavy atom. The van der Waals surface area contributed by atoms with Crippen LogP contribution < -0.4 is 51.4 Å². The van der Waals surface area contributed by atoms with Crippen LogP contribution in [-0.2, 0) is 22.2 Å². The predicted molar refractivity (Wildman–Crippen MR) is 41.5 cm³/mol. The normalized spacial score (nSPS) is 15.8. The molecular weight excluding hydrogens is 215 g/mol. The van der Waals surface area contributed by atoms with E-state index in [-0.39, 0.29) is 64.3 Å². The molecule has 0 fully saturated rings. The Bertz CT molecular complexity index is 156. The summed E-state index contributed by atoms with van der Waals surface area (Å²) in [6.07, 6.45) is 2.79. The summed E-state index contributed by atoms with van der Waals surface area (Å²) in [6, 6.07) is 0. The summed E-state index contributed by atoms with van der Waals surface area (Å²) in [5.41, 5.74) is 0. The fourth-order valence-electron chi connectivity index (χ4n) is 0.301. The molecule has 0 aliphatic heterocycles. The van der Waals surface area contributed by atoms with Crippen LogP contribution >= 0.6 is 0 Å². The van der Waals surface area contributed by atoms with Gasteiger partial charge in [-0.15, -0.1) is 0 Å². The Hall–Kier alpha value is 1.60. The van der Waals surface area contributed by atoms with Crippen molar-refractivity contribution in [3.8, 4) is 0 Å². The van der Waals surface area contributed by atoms with Gasteiger partial charge in [0.15, 0.2) is 22.2 Å². The smallest absolute Gasteiger partial charge is 1.00 e. The fraction of sp³-hybridized carbons (Fsp3) is 0.500. The van der Waals surface area contributed by atoms with Crippen molar-refractivity contribution in [2.75, 3.05) is 11.5 Å². The Kier molecular flexibility index (Phi) is 13.3. The zero-order valence-corrected chi connectivity index (χ0v) is 10.9. The number of hydrogen-bond acceptors (Lipinski definition) is 2. The first kappa shape index (κ1) is 15.1. The van der Waals surface area contributed by atoms with E-state index in [1.807, 2.05) is 0 Å². The van der Waals surface area contributed by atoms with Gasteiger partial charge in [0.2, 0.25) is 0 Å². The van der Waals surface area contributed by atoms with Crippen molar-refractivity contribution < 1.29 is 70.3 Å². The van der Waals surface area contributed by atoms with Crippen molar-refractivity contribution in [1.82, 2.24) is 0 Å². The summed E-state index contributed by atoms with van der Waals surface area (Å²) >= 11 is -3.70. The van der Waals surface area contributed by atoms with E-state index in [9.17, 15) is 8.42 Å². The van der Waals surface area contributed by atoms with E-state index >= 15 is 0 Å². The summed E-state index contributed by atoms with van der Waals surface area (Å²) < 4.78 is 36.3. The Balaban J connectivity index is -0.000000405. The molecule has 0 aromatic carbocycles. The standard InChI is InChI=1S/C4H8O4S2.K.H/c5-9(6)3-1-2-4-10(7)8;;/h1-2H,3-4H2,(H,5,6)(H,7,8);;/q;+1;-1. The molecule has 0 aromatic heterocycles. The minimum absolute atomic E-state index is 0. The van der Waals surface area contributed by atoms with Gasteiger partial charge in [0.05, 0.1) is 11.5 Å². The second-order valence-corrected chi connectivity index (χ2v) is 3.40. The van der Waals surface area contributed by atoms with Crippen LogP contribution in [0.3, 0.4) is 0 Å². The fourth-order valence-corrected chi connectivity index (χ4v) is 0.902. The van der Waals surface area contributed by atoms with Crippen LogP contribution in [-0.4, -0.2) is 29.0 Å².